The van der Waals surface area contributed by atoms with Gasteiger partial charge in [-0.25, -0.2) is 0 Å². The van der Waals surface area contributed by atoms with Crippen LogP contribution < -0.4 is 5.73 Å². The third kappa shape index (κ3) is 4.04. The van der Waals surface area contributed by atoms with Gasteiger partial charge in [0.05, 0.1) is 6.10 Å². The van der Waals surface area contributed by atoms with Crippen LogP contribution in [0.2, 0.25) is 0 Å². The molecule has 0 aromatic carbocycles. The largest absolute Gasteiger partial charge is 0.380 e. The van der Waals surface area contributed by atoms with Gasteiger partial charge in [-0.2, -0.15) is 0 Å². The van der Waals surface area contributed by atoms with Crippen molar-refractivity contribution in [1.82, 2.24) is 4.90 Å². The number of hydrogen-bond donors (Lipinski definition) is 1. The zero-order valence-corrected chi connectivity index (χ0v) is 11.3. The van der Waals surface area contributed by atoms with E-state index in [-0.39, 0.29) is 0 Å². The molecule has 1 aliphatic heterocycles. The average molecular weight is 228 g/mol. The Hall–Kier alpha value is -0.120. The molecule has 16 heavy (non-hydrogen) atoms. The maximum Gasteiger partial charge on any atom is 0.0724 e. The van der Waals surface area contributed by atoms with Crippen LogP contribution in [0, 0.1) is 11.8 Å². The quantitative estimate of drug-likeness (QED) is 0.778. The third-order valence-corrected chi connectivity index (χ3v) is 3.91. The van der Waals surface area contributed by atoms with Crippen molar-refractivity contribution in [2.24, 2.45) is 17.6 Å². The van der Waals surface area contributed by atoms with Crippen molar-refractivity contribution in [3.63, 3.8) is 0 Å². The van der Waals surface area contributed by atoms with Crippen LogP contribution in [0.5, 0.6) is 0 Å². The molecule has 3 heteroatoms. The van der Waals surface area contributed by atoms with Gasteiger partial charge in [0.25, 0.3) is 0 Å². The summed E-state index contributed by atoms with van der Waals surface area (Å²) in [5.41, 5.74) is 6.07. The minimum atomic E-state index is 0.334. The van der Waals surface area contributed by atoms with Crippen molar-refractivity contribution in [1.29, 1.82) is 0 Å². The number of nitrogens with two attached hydrogens (primary N) is 1. The molecular formula is C13H28N2O. The van der Waals surface area contributed by atoms with E-state index in [0.717, 1.165) is 19.5 Å². The first kappa shape index (κ1) is 13.9. The first-order valence-corrected chi connectivity index (χ1v) is 6.55. The summed E-state index contributed by atoms with van der Waals surface area (Å²) in [6, 6.07) is 0.334. The average Bonchev–Trinajstić information content (AvgIpc) is 2.27. The molecular weight excluding hydrogens is 200 g/mol. The first-order chi connectivity index (χ1) is 7.54. The summed E-state index contributed by atoms with van der Waals surface area (Å²) < 4.78 is 5.51. The second kappa shape index (κ2) is 6.58. The highest BCUT2D eigenvalue weighted by atomic mass is 16.5. The minimum absolute atomic E-state index is 0.334. The Morgan fingerprint density at radius 1 is 1.44 bits per heavy atom. The smallest absolute Gasteiger partial charge is 0.0724 e. The summed E-state index contributed by atoms with van der Waals surface area (Å²) in [4.78, 5) is 2.50. The van der Waals surface area contributed by atoms with Gasteiger partial charge in [0.15, 0.2) is 0 Å². The fourth-order valence-corrected chi connectivity index (χ4v) is 2.27. The van der Waals surface area contributed by atoms with E-state index in [1.54, 1.807) is 0 Å². The number of ether oxygens (including phenoxy) is 1. The minimum Gasteiger partial charge on any atom is -0.380 e. The molecule has 2 N–H and O–H groups in total. The van der Waals surface area contributed by atoms with Gasteiger partial charge in [0, 0.05) is 19.7 Å². The SMILES string of the molecule is COC1CN(CCC(N)C(C)C)CCC1C. The van der Waals surface area contributed by atoms with Crippen LogP contribution in [0.3, 0.4) is 0 Å². The standard InChI is InChI=1S/C13H28N2O/c1-10(2)12(14)6-8-15-7-5-11(3)13(9-15)16-4/h10-13H,5-9,14H2,1-4H3. The summed E-state index contributed by atoms with van der Waals surface area (Å²) in [7, 11) is 1.82. The Morgan fingerprint density at radius 2 is 2.12 bits per heavy atom. The summed E-state index contributed by atoms with van der Waals surface area (Å²) in [6.45, 7) is 10.1. The van der Waals surface area contributed by atoms with Gasteiger partial charge in [-0.3, -0.25) is 0 Å². The Morgan fingerprint density at radius 3 is 2.69 bits per heavy atom. The van der Waals surface area contributed by atoms with Crippen LogP contribution in [-0.4, -0.2) is 43.8 Å². The Kier molecular flexibility index (Phi) is 5.73. The molecule has 0 aromatic heterocycles. The molecule has 0 aliphatic carbocycles. The van der Waals surface area contributed by atoms with Gasteiger partial charge in [-0.15, -0.1) is 0 Å². The fraction of sp³-hybridized carbons (Fsp3) is 1.00. The normalized spacial score (nSPS) is 29.6. The van der Waals surface area contributed by atoms with Crippen LogP contribution >= 0.6 is 0 Å². The summed E-state index contributed by atoms with van der Waals surface area (Å²) in [5.74, 6) is 1.28. The highest BCUT2D eigenvalue weighted by molar-refractivity contribution is 4.79. The van der Waals surface area contributed by atoms with E-state index >= 15 is 0 Å². The van der Waals surface area contributed by atoms with Crippen molar-refractivity contribution < 1.29 is 4.74 Å². The van der Waals surface area contributed by atoms with Crippen LogP contribution in [0.25, 0.3) is 0 Å². The van der Waals surface area contributed by atoms with Crippen molar-refractivity contribution in [3.8, 4) is 0 Å². The monoisotopic (exact) mass is 228 g/mol. The van der Waals surface area contributed by atoms with Crippen LogP contribution in [-0.2, 0) is 4.74 Å². The summed E-state index contributed by atoms with van der Waals surface area (Å²) in [5, 5.41) is 0. The van der Waals surface area contributed by atoms with Gasteiger partial charge in [0.2, 0.25) is 0 Å². The van der Waals surface area contributed by atoms with Gasteiger partial charge in [-0.1, -0.05) is 20.8 Å². The topological polar surface area (TPSA) is 38.5 Å². The molecule has 0 bridgehead atoms. The van der Waals surface area contributed by atoms with E-state index < -0.39 is 0 Å². The zero-order valence-electron chi connectivity index (χ0n) is 11.3. The van der Waals surface area contributed by atoms with Crippen LogP contribution in [0.1, 0.15) is 33.6 Å². The number of hydrogen-bond acceptors (Lipinski definition) is 3. The van der Waals surface area contributed by atoms with E-state index in [9.17, 15) is 0 Å². The molecule has 0 aromatic rings. The lowest BCUT2D eigenvalue weighted by molar-refractivity contribution is -0.00582. The molecule has 3 nitrogen and oxygen atoms in total. The van der Waals surface area contributed by atoms with Crippen molar-refractivity contribution in [2.45, 2.75) is 45.8 Å². The highest BCUT2D eigenvalue weighted by Crippen LogP contribution is 2.19. The molecule has 1 heterocycles. The number of nitrogens with zero attached hydrogens (tertiary/aromatic N) is 1. The Labute approximate surface area is 100 Å². The summed E-state index contributed by atoms with van der Waals surface area (Å²) >= 11 is 0. The molecule has 1 saturated heterocycles. The van der Waals surface area contributed by atoms with Crippen LogP contribution in [0.15, 0.2) is 0 Å². The van der Waals surface area contributed by atoms with Gasteiger partial charge < -0.3 is 15.4 Å². The zero-order chi connectivity index (χ0) is 12.1. The molecule has 0 radical (unpaired) electrons. The van der Waals surface area contributed by atoms with Crippen molar-refractivity contribution >= 4 is 0 Å². The van der Waals surface area contributed by atoms with Gasteiger partial charge in [0.1, 0.15) is 0 Å². The van der Waals surface area contributed by atoms with E-state index in [0.29, 0.717) is 24.0 Å². The summed E-state index contributed by atoms with van der Waals surface area (Å²) in [6.07, 6.45) is 2.75. The van der Waals surface area contributed by atoms with Crippen LogP contribution in [0.4, 0.5) is 0 Å². The molecule has 3 unspecified atom stereocenters. The van der Waals surface area contributed by atoms with E-state index in [4.69, 9.17) is 10.5 Å². The third-order valence-electron chi connectivity index (χ3n) is 3.91. The van der Waals surface area contributed by atoms with E-state index in [1.165, 1.54) is 13.0 Å². The Bertz CT molecular complexity index is 196. The molecule has 0 amide bonds. The van der Waals surface area contributed by atoms with Crippen molar-refractivity contribution in [2.75, 3.05) is 26.7 Å². The molecule has 1 aliphatic rings. The maximum atomic E-state index is 6.07. The first-order valence-electron chi connectivity index (χ1n) is 6.55. The van der Waals surface area contributed by atoms with Gasteiger partial charge >= 0.3 is 0 Å². The predicted octanol–water partition coefficient (Wildman–Crippen LogP) is 1.72. The molecule has 0 saturated carbocycles. The second-order valence-corrected chi connectivity index (χ2v) is 5.54. The lowest BCUT2D eigenvalue weighted by Gasteiger charge is -2.36. The number of methoxy groups -OCH3 is 1. The molecule has 3 atom stereocenters. The van der Waals surface area contributed by atoms with E-state index in [1.807, 2.05) is 7.11 Å². The second-order valence-electron chi connectivity index (χ2n) is 5.54. The van der Waals surface area contributed by atoms with Crippen molar-refractivity contribution in [3.05, 3.63) is 0 Å². The highest BCUT2D eigenvalue weighted by Gasteiger charge is 2.25. The fourth-order valence-electron chi connectivity index (χ4n) is 2.27. The molecule has 96 valence electrons. The Balaban J connectivity index is 2.28. The molecule has 1 rings (SSSR count). The molecule has 0 spiro atoms. The van der Waals surface area contributed by atoms with Gasteiger partial charge in [-0.05, 0) is 37.8 Å². The predicted molar refractivity (Wildman–Crippen MR) is 68.4 cm³/mol. The van der Waals surface area contributed by atoms with E-state index in [2.05, 4.69) is 25.7 Å². The lowest BCUT2D eigenvalue weighted by Crippen LogP contribution is -2.45. The molecule has 1 fully saturated rings. The number of rotatable bonds is 5. The maximum absolute atomic E-state index is 6.07. The number of likely N-dealkylation sites (tertiary alicyclic amines) is 1. The lowest BCUT2D eigenvalue weighted by atomic mass is 9.95. The number of piperidine rings is 1.